The molecule has 1 aromatic rings. The Hall–Kier alpha value is -0.870. The van der Waals surface area contributed by atoms with Gasteiger partial charge in [0, 0.05) is 43.6 Å². The number of rotatable bonds is 3. The highest BCUT2D eigenvalue weighted by atomic mass is 15.3. The minimum atomic E-state index is 0.324. The van der Waals surface area contributed by atoms with Gasteiger partial charge in [0.2, 0.25) is 0 Å². The monoisotopic (exact) mass is 290 g/mol. The van der Waals surface area contributed by atoms with E-state index in [2.05, 4.69) is 47.0 Å². The molecule has 0 aromatic carbocycles. The van der Waals surface area contributed by atoms with E-state index < -0.39 is 0 Å². The van der Waals surface area contributed by atoms with Gasteiger partial charge < -0.3 is 5.32 Å². The maximum atomic E-state index is 4.36. The Morgan fingerprint density at radius 1 is 1.24 bits per heavy atom. The Kier molecular flexibility index (Phi) is 4.10. The van der Waals surface area contributed by atoms with Gasteiger partial charge in [0.05, 0.1) is 6.54 Å². The lowest BCUT2D eigenvalue weighted by Gasteiger charge is -2.51. The lowest BCUT2D eigenvalue weighted by Crippen LogP contribution is -2.66. The Balaban J connectivity index is 1.70. The average Bonchev–Trinajstić information content (AvgIpc) is 3.08. The Morgan fingerprint density at radius 3 is 2.62 bits per heavy atom. The third kappa shape index (κ3) is 3.16. The van der Waals surface area contributed by atoms with Crippen LogP contribution in [-0.4, -0.2) is 45.9 Å². The SMILES string of the molecule is CC(C)(C)C1CN(CCn2cccn2)C2(CCCC2)CN1. The number of nitrogens with one attached hydrogen (secondary N) is 1. The average molecular weight is 290 g/mol. The largest absolute Gasteiger partial charge is 0.310 e. The van der Waals surface area contributed by atoms with Crippen LogP contribution in [0.3, 0.4) is 0 Å². The zero-order chi connectivity index (χ0) is 14.9. The highest BCUT2D eigenvalue weighted by Crippen LogP contribution is 2.38. The number of hydrogen-bond acceptors (Lipinski definition) is 3. The predicted molar refractivity (Wildman–Crippen MR) is 86.2 cm³/mol. The molecule has 1 unspecified atom stereocenters. The van der Waals surface area contributed by atoms with Gasteiger partial charge in [-0.05, 0) is 24.3 Å². The summed E-state index contributed by atoms with van der Waals surface area (Å²) in [4.78, 5) is 2.77. The van der Waals surface area contributed by atoms with Crippen LogP contribution in [0.1, 0.15) is 46.5 Å². The van der Waals surface area contributed by atoms with Crippen LogP contribution in [0.5, 0.6) is 0 Å². The van der Waals surface area contributed by atoms with E-state index in [1.165, 1.54) is 32.2 Å². The van der Waals surface area contributed by atoms with Crippen LogP contribution in [0.15, 0.2) is 18.5 Å². The summed E-state index contributed by atoms with van der Waals surface area (Å²) in [5.41, 5.74) is 0.735. The molecule has 4 nitrogen and oxygen atoms in total. The minimum absolute atomic E-state index is 0.324. The van der Waals surface area contributed by atoms with Crippen LogP contribution in [-0.2, 0) is 6.54 Å². The normalized spacial score (nSPS) is 26.5. The quantitative estimate of drug-likeness (QED) is 0.928. The molecule has 1 saturated carbocycles. The third-order valence-electron chi connectivity index (χ3n) is 5.49. The van der Waals surface area contributed by atoms with Gasteiger partial charge >= 0.3 is 0 Å². The van der Waals surface area contributed by atoms with E-state index in [1.54, 1.807) is 0 Å². The Bertz CT molecular complexity index is 440. The van der Waals surface area contributed by atoms with Gasteiger partial charge in [-0.3, -0.25) is 9.58 Å². The molecule has 0 radical (unpaired) electrons. The summed E-state index contributed by atoms with van der Waals surface area (Å²) in [6.07, 6.45) is 9.44. The van der Waals surface area contributed by atoms with E-state index in [1.807, 2.05) is 12.3 Å². The zero-order valence-corrected chi connectivity index (χ0v) is 13.8. The van der Waals surface area contributed by atoms with Gasteiger partial charge in [0.25, 0.3) is 0 Å². The van der Waals surface area contributed by atoms with Crippen molar-refractivity contribution in [3.8, 4) is 0 Å². The second-order valence-electron chi connectivity index (χ2n) is 7.95. The van der Waals surface area contributed by atoms with Crippen LogP contribution in [0, 0.1) is 5.41 Å². The fourth-order valence-corrected chi connectivity index (χ4v) is 3.99. The lowest BCUT2D eigenvalue weighted by atomic mass is 9.81. The molecule has 0 amide bonds. The molecule has 1 aliphatic carbocycles. The molecule has 1 atom stereocenters. The minimum Gasteiger partial charge on any atom is -0.310 e. The van der Waals surface area contributed by atoms with E-state index in [9.17, 15) is 0 Å². The Labute approximate surface area is 128 Å². The van der Waals surface area contributed by atoms with Gasteiger partial charge in [0.1, 0.15) is 0 Å². The summed E-state index contributed by atoms with van der Waals surface area (Å²) in [6.45, 7) is 11.5. The first-order valence-corrected chi connectivity index (χ1v) is 8.46. The molecular formula is C17H30N4. The summed E-state index contributed by atoms with van der Waals surface area (Å²) in [6, 6.07) is 2.60. The molecule has 1 saturated heterocycles. The topological polar surface area (TPSA) is 33.1 Å². The third-order valence-corrected chi connectivity index (χ3v) is 5.49. The molecule has 1 N–H and O–H groups in total. The molecule has 2 heterocycles. The first-order chi connectivity index (χ1) is 10.00. The summed E-state index contributed by atoms with van der Waals surface area (Å²) < 4.78 is 2.07. The van der Waals surface area contributed by atoms with Crippen molar-refractivity contribution < 1.29 is 0 Å². The number of nitrogens with zero attached hydrogens (tertiary/aromatic N) is 3. The second kappa shape index (κ2) is 5.73. The molecular weight excluding hydrogens is 260 g/mol. The molecule has 1 aromatic heterocycles. The van der Waals surface area contributed by atoms with Gasteiger partial charge in [-0.1, -0.05) is 33.6 Å². The van der Waals surface area contributed by atoms with E-state index in [0.717, 1.165) is 19.6 Å². The van der Waals surface area contributed by atoms with Crippen molar-refractivity contribution in [1.82, 2.24) is 20.0 Å². The molecule has 21 heavy (non-hydrogen) atoms. The van der Waals surface area contributed by atoms with Crippen molar-refractivity contribution in [2.75, 3.05) is 19.6 Å². The van der Waals surface area contributed by atoms with Crippen LogP contribution >= 0.6 is 0 Å². The van der Waals surface area contributed by atoms with Crippen LogP contribution in [0.2, 0.25) is 0 Å². The van der Waals surface area contributed by atoms with E-state index in [4.69, 9.17) is 0 Å². The molecule has 1 aliphatic heterocycles. The summed E-state index contributed by atoms with van der Waals surface area (Å²) in [5, 5.41) is 8.21. The zero-order valence-electron chi connectivity index (χ0n) is 13.8. The van der Waals surface area contributed by atoms with Crippen molar-refractivity contribution in [2.24, 2.45) is 5.41 Å². The van der Waals surface area contributed by atoms with Gasteiger partial charge in [-0.15, -0.1) is 0 Å². The fraction of sp³-hybridized carbons (Fsp3) is 0.824. The number of hydrogen-bond donors (Lipinski definition) is 1. The summed E-state index contributed by atoms with van der Waals surface area (Å²) >= 11 is 0. The summed E-state index contributed by atoms with van der Waals surface area (Å²) in [5.74, 6) is 0. The number of piperazine rings is 1. The molecule has 2 fully saturated rings. The fourth-order valence-electron chi connectivity index (χ4n) is 3.99. The van der Waals surface area contributed by atoms with E-state index >= 15 is 0 Å². The van der Waals surface area contributed by atoms with Crippen LogP contribution in [0.4, 0.5) is 0 Å². The lowest BCUT2D eigenvalue weighted by molar-refractivity contribution is 0.0141. The standard InChI is InChI=1S/C17H30N4/c1-16(2,3)15-13-20(11-12-21-10-6-9-19-21)17(14-18-15)7-4-5-8-17/h6,9-10,15,18H,4-5,7-8,11-14H2,1-3H3. The smallest absolute Gasteiger partial charge is 0.0536 e. The van der Waals surface area contributed by atoms with E-state index in [0.29, 0.717) is 17.0 Å². The molecule has 4 heteroatoms. The highest BCUT2D eigenvalue weighted by Gasteiger charge is 2.45. The van der Waals surface area contributed by atoms with Crippen molar-refractivity contribution in [1.29, 1.82) is 0 Å². The maximum absolute atomic E-state index is 4.36. The molecule has 118 valence electrons. The molecule has 0 bridgehead atoms. The van der Waals surface area contributed by atoms with Crippen molar-refractivity contribution >= 4 is 0 Å². The molecule has 1 spiro atoms. The van der Waals surface area contributed by atoms with Crippen molar-refractivity contribution in [2.45, 2.75) is 64.6 Å². The summed E-state index contributed by atoms with van der Waals surface area (Å²) in [7, 11) is 0. The second-order valence-corrected chi connectivity index (χ2v) is 7.95. The first kappa shape index (κ1) is 15.0. The number of aromatic nitrogens is 2. The molecule has 2 aliphatic rings. The van der Waals surface area contributed by atoms with Gasteiger partial charge in [-0.2, -0.15) is 5.10 Å². The predicted octanol–water partition coefficient (Wildman–Crippen LogP) is 2.52. The van der Waals surface area contributed by atoms with Crippen molar-refractivity contribution in [3.63, 3.8) is 0 Å². The highest BCUT2D eigenvalue weighted by molar-refractivity contribution is 5.03. The van der Waals surface area contributed by atoms with E-state index in [-0.39, 0.29) is 0 Å². The maximum Gasteiger partial charge on any atom is 0.0536 e. The van der Waals surface area contributed by atoms with Gasteiger partial charge in [-0.25, -0.2) is 0 Å². The van der Waals surface area contributed by atoms with Crippen LogP contribution < -0.4 is 5.32 Å². The molecule has 3 rings (SSSR count). The van der Waals surface area contributed by atoms with Crippen LogP contribution in [0.25, 0.3) is 0 Å². The first-order valence-electron chi connectivity index (χ1n) is 8.46. The Morgan fingerprint density at radius 2 is 2.00 bits per heavy atom. The van der Waals surface area contributed by atoms with Crippen molar-refractivity contribution in [3.05, 3.63) is 18.5 Å². The van der Waals surface area contributed by atoms with Gasteiger partial charge in [0.15, 0.2) is 0 Å².